The van der Waals surface area contributed by atoms with Crippen LogP contribution in [0.25, 0.3) is 0 Å². The summed E-state index contributed by atoms with van der Waals surface area (Å²) in [6.45, 7) is 2.96. The minimum atomic E-state index is 0.419. The molecule has 4 nitrogen and oxygen atoms in total. The lowest BCUT2D eigenvalue weighted by Crippen LogP contribution is -2.09. The van der Waals surface area contributed by atoms with Crippen molar-refractivity contribution in [3.8, 4) is 6.07 Å². The van der Waals surface area contributed by atoms with Gasteiger partial charge in [-0.15, -0.1) is 0 Å². The number of nitrogens with zero attached hydrogens (tertiary/aromatic N) is 2. The van der Waals surface area contributed by atoms with Crippen LogP contribution in [0, 0.1) is 11.3 Å². The summed E-state index contributed by atoms with van der Waals surface area (Å²) in [6.07, 6.45) is 2.57. The normalized spacial score (nSPS) is 11.6. The van der Waals surface area contributed by atoms with E-state index >= 15 is 0 Å². The Hall–Kier alpha value is -2.54. The van der Waals surface area contributed by atoms with Gasteiger partial charge in [-0.25, -0.2) is 4.98 Å². The van der Waals surface area contributed by atoms with Crippen LogP contribution in [0.2, 0.25) is 0 Å². The average Bonchev–Trinajstić information content (AvgIpc) is 2.49. The quantitative estimate of drug-likeness (QED) is 0.871. The number of pyridine rings is 1. The molecule has 0 fully saturated rings. The van der Waals surface area contributed by atoms with Crippen LogP contribution in [0.5, 0.6) is 0 Å². The maximum atomic E-state index is 8.92. The van der Waals surface area contributed by atoms with Crippen molar-refractivity contribution in [3.63, 3.8) is 0 Å². The van der Waals surface area contributed by atoms with E-state index in [1.165, 1.54) is 5.56 Å². The predicted octanol–water partition coefficient (Wildman–Crippen LogP) is 3.14. The first-order valence-electron chi connectivity index (χ1n) is 6.65. The number of anilines is 2. The first kappa shape index (κ1) is 13.9. The molecular weight excluding hydrogens is 248 g/mol. The van der Waals surface area contributed by atoms with Crippen molar-refractivity contribution in [2.24, 2.45) is 0 Å². The van der Waals surface area contributed by atoms with E-state index in [1.54, 1.807) is 12.3 Å². The third-order valence-corrected chi connectivity index (χ3v) is 3.35. The van der Waals surface area contributed by atoms with Crippen LogP contribution in [0.4, 0.5) is 11.5 Å². The zero-order valence-corrected chi connectivity index (χ0v) is 11.5. The molecule has 0 aliphatic carbocycles. The molecule has 0 aliphatic rings. The Labute approximate surface area is 119 Å². The molecule has 0 bridgehead atoms. The molecule has 1 aromatic heterocycles. The Morgan fingerprint density at radius 3 is 2.75 bits per heavy atom. The van der Waals surface area contributed by atoms with Gasteiger partial charge in [-0.2, -0.15) is 5.26 Å². The van der Waals surface area contributed by atoms with E-state index in [2.05, 4.69) is 47.6 Å². The fraction of sp³-hybridized carbons (Fsp3) is 0.250. The summed E-state index contributed by atoms with van der Waals surface area (Å²) < 4.78 is 0. The molecule has 4 heteroatoms. The number of nitrogen functional groups attached to an aromatic ring is 1. The first-order valence-corrected chi connectivity index (χ1v) is 6.65. The molecule has 0 saturated heterocycles. The molecule has 0 aliphatic heterocycles. The monoisotopic (exact) mass is 266 g/mol. The minimum absolute atomic E-state index is 0.419. The average molecular weight is 266 g/mol. The Morgan fingerprint density at radius 1 is 1.30 bits per heavy atom. The van der Waals surface area contributed by atoms with Crippen molar-refractivity contribution in [3.05, 3.63) is 53.7 Å². The highest BCUT2D eigenvalue weighted by Crippen LogP contribution is 2.21. The zero-order chi connectivity index (χ0) is 14.4. The van der Waals surface area contributed by atoms with Crippen LogP contribution in [-0.2, 0) is 0 Å². The van der Waals surface area contributed by atoms with Crippen LogP contribution in [0.3, 0.4) is 0 Å². The van der Waals surface area contributed by atoms with Crippen LogP contribution in [0.15, 0.2) is 42.6 Å². The Morgan fingerprint density at radius 2 is 2.05 bits per heavy atom. The van der Waals surface area contributed by atoms with Gasteiger partial charge in [-0.3, -0.25) is 0 Å². The van der Waals surface area contributed by atoms with E-state index in [4.69, 9.17) is 11.0 Å². The highest BCUT2D eigenvalue weighted by molar-refractivity contribution is 5.68. The highest BCUT2D eigenvalue weighted by Gasteiger charge is 2.07. The number of hydrogen-bond acceptors (Lipinski definition) is 4. The molecule has 0 radical (unpaired) electrons. The Balaban J connectivity index is 1.92. The van der Waals surface area contributed by atoms with Gasteiger partial charge in [0.25, 0.3) is 0 Å². The molecule has 2 aromatic rings. The summed E-state index contributed by atoms with van der Waals surface area (Å²) in [5.74, 6) is 1.05. The molecule has 1 heterocycles. The van der Waals surface area contributed by atoms with Gasteiger partial charge in [0, 0.05) is 12.7 Å². The lowest BCUT2D eigenvalue weighted by atomic mass is 9.98. The van der Waals surface area contributed by atoms with Gasteiger partial charge >= 0.3 is 0 Å². The Kier molecular flexibility index (Phi) is 4.56. The number of nitrogens with one attached hydrogen (secondary N) is 1. The molecule has 2 rings (SSSR count). The molecule has 0 spiro atoms. The lowest BCUT2D eigenvalue weighted by Gasteiger charge is -2.13. The second-order valence-corrected chi connectivity index (χ2v) is 4.76. The maximum absolute atomic E-state index is 8.92. The van der Waals surface area contributed by atoms with E-state index in [-0.39, 0.29) is 0 Å². The van der Waals surface area contributed by atoms with Gasteiger partial charge in [0.15, 0.2) is 5.82 Å². The number of benzene rings is 1. The van der Waals surface area contributed by atoms with E-state index in [1.807, 2.05) is 6.07 Å². The molecule has 1 atom stereocenters. The topological polar surface area (TPSA) is 74.7 Å². The summed E-state index contributed by atoms with van der Waals surface area (Å²) in [5.41, 5.74) is 8.07. The number of rotatable bonds is 5. The van der Waals surface area contributed by atoms with Gasteiger partial charge in [0.1, 0.15) is 6.07 Å². The van der Waals surface area contributed by atoms with Crippen molar-refractivity contribution in [1.82, 2.24) is 4.98 Å². The number of hydrogen-bond donors (Lipinski definition) is 2. The highest BCUT2D eigenvalue weighted by atomic mass is 15.0. The van der Waals surface area contributed by atoms with Crippen molar-refractivity contribution in [2.45, 2.75) is 19.3 Å². The molecule has 1 aromatic carbocycles. The minimum Gasteiger partial charge on any atom is -0.395 e. The van der Waals surface area contributed by atoms with Crippen molar-refractivity contribution >= 4 is 11.5 Å². The summed E-state index contributed by atoms with van der Waals surface area (Å²) in [6, 6.07) is 14.1. The molecule has 3 N–H and O–H groups in total. The first-order chi connectivity index (χ1) is 9.72. The maximum Gasteiger partial charge on any atom is 0.150 e. The van der Waals surface area contributed by atoms with Crippen molar-refractivity contribution < 1.29 is 0 Å². The second kappa shape index (κ2) is 6.58. The molecule has 1 unspecified atom stereocenters. The zero-order valence-electron chi connectivity index (χ0n) is 11.5. The lowest BCUT2D eigenvalue weighted by molar-refractivity contribution is 0.705. The SMILES string of the molecule is CC(CCNc1nccc(C#N)c1N)c1ccccc1. The van der Waals surface area contributed by atoms with E-state index in [9.17, 15) is 0 Å². The number of nitrogens with two attached hydrogens (primary N) is 1. The van der Waals surface area contributed by atoms with Crippen molar-refractivity contribution in [1.29, 1.82) is 5.26 Å². The van der Waals surface area contributed by atoms with E-state index in [0.717, 1.165) is 13.0 Å². The molecule has 0 saturated carbocycles. The van der Waals surface area contributed by atoms with Gasteiger partial charge in [0.2, 0.25) is 0 Å². The van der Waals surface area contributed by atoms with Gasteiger partial charge in [-0.05, 0) is 24.0 Å². The van der Waals surface area contributed by atoms with Crippen LogP contribution in [-0.4, -0.2) is 11.5 Å². The fourth-order valence-corrected chi connectivity index (χ4v) is 2.07. The number of aromatic nitrogens is 1. The van der Waals surface area contributed by atoms with Gasteiger partial charge in [0.05, 0.1) is 11.3 Å². The van der Waals surface area contributed by atoms with Crippen molar-refractivity contribution in [2.75, 3.05) is 17.6 Å². The molecule has 102 valence electrons. The Bertz CT molecular complexity index is 602. The summed E-state index contributed by atoms with van der Waals surface area (Å²) in [7, 11) is 0. The summed E-state index contributed by atoms with van der Waals surface area (Å²) in [5, 5.41) is 12.1. The predicted molar refractivity (Wildman–Crippen MR) is 81.3 cm³/mol. The molecule has 20 heavy (non-hydrogen) atoms. The standard InChI is InChI=1S/C16H18N4/c1-12(13-5-3-2-4-6-13)7-9-19-16-15(18)14(11-17)8-10-20-16/h2-6,8,10,12H,7,9,18H2,1H3,(H,19,20). The van der Waals surface area contributed by atoms with Crippen LogP contribution >= 0.6 is 0 Å². The summed E-state index contributed by atoms with van der Waals surface area (Å²) >= 11 is 0. The largest absolute Gasteiger partial charge is 0.395 e. The summed E-state index contributed by atoms with van der Waals surface area (Å²) in [4.78, 5) is 4.17. The molecular formula is C16H18N4. The number of nitriles is 1. The molecule has 0 amide bonds. The van der Waals surface area contributed by atoms with Crippen LogP contribution in [0.1, 0.15) is 30.4 Å². The third-order valence-electron chi connectivity index (χ3n) is 3.35. The second-order valence-electron chi connectivity index (χ2n) is 4.76. The van der Waals surface area contributed by atoms with E-state index < -0.39 is 0 Å². The van der Waals surface area contributed by atoms with Gasteiger partial charge < -0.3 is 11.1 Å². The third kappa shape index (κ3) is 3.27. The van der Waals surface area contributed by atoms with Gasteiger partial charge in [-0.1, -0.05) is 37.3 Å². The fourth-order valence-electron chi connectivity index (χ4n) is 2.07. The van der Waals surface area contributed by atoms with E-state index in [0.29, 0.717) is 23.0 Å². The van der Waals surface area contributed by atoms with Crippen LogP contribution < -0.4 is 11.1 Å². The smallest absolute Gasteiger partial charge is 0.150 e.